The molecule has 0 radical (unpaired) electrons. The average molecular weight is 401 g/mol. The van der Waals surface area contributed by atoms with Crippen molar-refractivity contribution in [2.24, 2.45) is 5.92 Å². The maximum Gasteiger partial charge on any atom is 0.490 e. The van der Waals surface area contributed by atoms with Gasteiger partial charge in [0.1, 0.15) is 5.82 Å². The van der Waals surface area contributed by atoms with E-state index in [1.807, 2.05) is 24.2 Å². The monoisotopic (exact) mass is 401 g/mol. The molecular formula is C18H22F3N3O4. The minimum absolute atomic E-state index is 0.0175. The first-order valence-electron chi connectivity index (χ1n) is 8.79. The first-order chi connectivity index (χ1) is 13.2. The lowest BCUT2D eigenvalue weighted by molar-refractivity contribution is -0.192. The number of nitrogens with zero attached hydrogens (tertiary/aromatic N) is 3. The van der Waals surface area contributed by atoms with Crippen molar-refractivity contribution in [1.82, 2.24) is 14.5 Å². The van der Waals surface area contributed by atoms with Crippen LogP contribution in [0.25, 0.3) is 0 Å². The molecule has 10 heteroatoms. The number of imidazole rings is 1. The van der Waals surface area contributed by atoms with Gasteiger partial charge < -0.3 is 19.0 Å². The van der Waals surface area contributed by atoms with Crippen LogP contribution in [0.5, 0.6) is 0 Å². The molecule has 1 aliphatic rings. The van der Waals surface area contributed by atoms with Crippen molar-refractivity contribution < 1.29 is 32.3 Å². The van der Waals surface area contributed by atoms with Crippen LogP contribution >= 0.6 is 0 Å². The SMILES string of the molecule is Cc1nccn1CCC1CCN(C(=O)c2ccco2)CC1.O=C(O)C(F)(F)F. The number of aromatic nitrogens is 2. The highest BCUT2D eigenvalue weighted by molar-refractivity contribution is 5.91. The number of halogens is 3. The van der Waals surface area contributed by atoms with Crippen LogP contribution in [0.3, 0.4) is 0 Å². The predicted molar refractivity (Wildman–Crippen MR) is 92.6 cm³/mol. The summed E-state index contributed by atoms with van der Waals surface area (Å²) in [5.74, 6) is -0.535. The number of hydrogen-bond donors (Lipinski definition) is 1. The van der Waals surface area contributed by atoms with Gasteiger partial charge in [-0.2, -0.15) is 13.2 Å². The molecule has 1 amide bonds. The third kappa shape index (κ3) is 6.14. The van der Waals surface area contributed by atoms with Crippen molar-refractivity contribution in [3.63, 3.8) is 0 Å². The Morgan fingerprint density at radius 3 is 2.43 bits per heavy atom. The normalized spacial score (nSPS) is 15.1. The Kier molecular flexibility index (Phi) is 7.24. The number of hydrogen-bond acceptors (Lipinski definition) is 4. The van der Waals surface area contributed by atoms with Gasteiger partial charge in [0.15, 0.2) is 5.76 Å². The molecule has 2 aromatic heterocycles. The van der Waals surface area contributed by atoms with Gasteiger partial charge in [-0.05, 0) is 44.2 Å². The molecular weight excluding hydrogens is 379 g/mol. The topological polar surface area (TPSA) is 88.6 Å². The molecule has 7 nitrogen and oxygen atoms in total. The third-order valence-corrected chi connectivity index (χ3v) is 4.58. The lowest BCUT2D eigenvalue weighted by atomic mass is 9.93. The molecule has 0 saturated carbocycles. The molecule has 1 saturated heterocycles. The van der Waals surface area contributed by atoms with Gasteiger partial charge >= 0.3 is 12.1 Å². The van der Waals surface area contributed by atoms with Gasteiger partial charge in [-0.15, -0.1) is 0 Å². The second-order valence-electron chi connectivity index (χ2n) is 6.47. The Labute approximate surface area is 159 Å². The van der Waals surface area contributed by atoms with E-state index in [1.165, 1.54) is 0 Å². The van der Waals surface area contributed by atoms with E-state index in [0.29, 0.717) is 11.7 Å². The van der Waals surface area contributed by atoms with Crippen LogP contribution in [0.4, 0.5) is 13.2 Å². The van der Waals surface area contributed by atoms with Crippen LogP contribution in [0, 0.1) is 12.8 Å². The molecule has 1 N–H and O–H groups in total. The van der Waals surface area contributed by atoms with Crippen molar-refractivity contribution in [3.8, 4) is 0 Å². The second-order valence-corrected chi connectivity index (χ2v) is 6.47. The van der Waals surface area contributed by atoms with Crippen LogP contribution in [0.15, 0.2) is 35.2 Å². The number of likely N-dealkylation sites (tertiary alicyclic amines) is 1. The fourth-order valence-corrected chi connectivity index (χ4v) is 2.94. The summed E-state index contributed by atoms with van der Waals surface area (Å²) in [6.07, 6.45) is 3.64. The van der Waals surface area contributed by atoms with Gasteiger partial charge in [-0.3, -0.25) is 4.79 Å². The van der Waals surface area contributed by atoms with Gasteiger partial charge in [-0.1, -0.05) is 0 Å². The number of carboxylic acids is 1. The summed E-state index contributed by atoms with van der Waals surface area (Å²) in [7, 11) is 0. The number of piperidine rings is 1. The zero-order chi connectivity index (χ0) is 20.7. The molecule has 0 spiro atoms. The molecule has 28 heavy (non-hydrogen) atoms. The number of aliphatic carboxylic acids is 1. The molecule has 154 valence electrons. The Morgan fingerprint density at radius 2 is 1.96 bits per heavy atom. The highest BCUT2D eigenvalue weighted by Crippen LogP contribution is 2.22. The van der Waals surface area contributed by atoms with E-state index in [4.69, 9.17) is 14.3 Å². The highest BCUT2D eigenvalue weighted by Gasteiger charge is 2.38. The van der Waals surface area contributed by atoms with Crippen molar-refractivity contribution in [2.45, 2.75) is 38.9 Å². The van der Waals surface area contributed by atoms with Crippen molar-refractivity contribution in [2.75, 3.05) is 13.1 Å². The Hall–Kier alpha value is -2.78. The number of carbonyl (C=O) groups is 2. The van der Waals surface area contributed by atoms with Crippen LogP contribution in [0.1, 0.15) is 35.6 Å². The molecule has 3 heterocycles. The van der Waals surface area contributed by atoms with Crippen LogP contribution in [-0.2, 0) is 11.3 Å². The number of aryl methyl sites for hydroxylation is 2. The van der Waals surface area contributed by atoms with Gasteiger partial charge in [-0.25, -0.2) is 9.78 Å². The van der Waals surface area contributed by atoms with Crippen molar-refractivity contribution in [3.05, 3.63) is 42.4 Å². The minimum atomic E-state index is -5.08. The van der Waals surface area contributed by atoms with E-state index in [-0.39, 0.29) is 5.91 Å². The molecule has 3 rings (SSSR count). The standard InChI is InChI=1S/C16H21N3O2.C2HF3O2/c1-13-17-7-11-18(13)8-4-14-5-9-19(10-6-14)16(20)15-3-2-12-21-15;3-2(4,5)1(6)7/h2-3,7,11-12,14H,4-6,8-10H2,1H3;(H,6,7). The predicted octanol–water partition coefficient (Wildman–Crippen LogP) is 3.36. The summed E-state index contributed by atoms with van der Waals surface area (Å²) in [4.78, 5) is 27.2. The largest absolute Gasteiger partial charge is 0.490 e. The van der Waals surface area contributed by atoms with E-state index >= 15 is 0 Å². The van der Waals surface area contributed by atoms with E-state index < -0.39 is 12.1 Å². The Bertz CT molecular complexity index is 763. The fraction of sp³-hybridized carbons (Fsp3) is 0.500. The van der Waals surface area contributed by atoms with Gasteiger partial charge in [0.05, 0.1) is 6.26 Å². The minimum Gasteiger partial charge on any atom is -0.475 e. The van der Waals surface area contributed by atoms with Crippen molar-refractivity contribution >= 4 is 11.9 Å². The number of rotatable bonds is 4. The molecule has 0 bridgehead atoms. The summed E-state index contributed by atoms with van der Waals surface area (Å²) < 4.78 is 39.1. The first-order valence-corrected chi connectivity index (χ1v) is 8.79. The quantitative estimate of drug-likeness (QED) is 0.849. The molecule has 0 atom stereocenters. The summed E-state index contributed by atoms with van der Waals surface area (Å²) in [5, 5.41) is 7.12. The summed E-state index contributed by atoms with van der Waals surface area (Å²) >= 11 is 0. The number of carboxylic acid groups (broad SMARTS) is 1. The zero-order valence-corrected chi connectivity index (χ0v) is 15.4. The van der Waals surface area contributed by atoms with Gasteiger partial charge in [0.2, 0.25) is 0 Å². The number of furan rings is 1. The number of alkyl halides is 3. The van der Waals surface area contributed by atoms with Crippen molar-refractivity contribution in [1.29, 1.82) is 0 Å². The van der Waals surface area contributed by atoms with Gasteiger partial charge in [0, 0.05) is 32.0 Å². The van der Waals surface area contributed by atoms with Gasteiger partial charge in [0.25, 0.3) is 5.91 Å². The van der Waals surface area contributed by atoms with Crippen LogP contribution in [0.2, 0.25) is 0 Å². The van der Waals surface area contributed by atoms with E-state index in [1.54, 1.807) is 18.4 Å². The Balaban J connectivity index is 0.000000345. The van der Waals surface area contributed by atoms with E-state index in [2.05, 4.69) is 9.55 Å². The maximum absolute atomic E-state index is 12.2. The zero-order valence-electron chi connectivity index (χ0n) is 15.4. The maximum atomic E-state index is 12.2. The highest BCUT2D eigenvalue weighted by atomic mass is 19.4. The molecule has 0 unspecified atom stereocenters. The number of carbonyl (C=O) groups excluding carboxylic acids is 1. The summed E-state index contributed by atoms with van der Waals surface area (Å²) in [5.41, 5.74) is 0. The summed E-state index contributed by atoms with van der Waals surface area (Å²) in [6.45, 7) is 4.70. The van der Waals surface area contributed by atoms with E-state index in [9.17, 15) is 18.0 Å². The summed E-state index contributed by atoms with van der Waals surface area (Å²) in [6, 6.07) is 3.49. The Morgan fingerprint density at radius 1 is 1.32 bits per heavy atom. The van der Waals surface area contributed by atoms with Crippen LogP contribution < -0.4 is 0 Å². The van der Waals surface area contributed by atoms with E-state index in [0.717, 1.165) is 44.7 Å². The molecule has 2 aromatic rings. The smallest absolute Gasteiger partial charge is 0.475 e. The lowest BCUT2D eigenvalue weighted by Gasteiger charge is -2.31. The second kappa shape index (κ2) is 9.43. The third-order valence-electron chi connectivity index (χ3n) is 4.58. The average Bonchev–Trinajstić information content (AvgIpc) is 3.31. The molecule has 1 aliphatic heterocycles. The fourth-order valence-electron chi connectivity index (χ4n) is 2.94. The molecule has 0 aromatic carbocycles. The molecule has 1 fully saturated rings. The van der Waals surface area contributed by atoms with Crippen LogP contribution in [-0.4, -0.2) is 50.7 Å². The molecule has 0 aliphatic carbocycles. The first kappa shape index (κ1) is 21.5. The number of amides is 1. The lowest BCUT2D eigenvalue weighted by Crippen LogP contribution is -2.38.